The Morgan fingerprint density at radius 2 is 1.66 bits per heavy atom. The number of fused-ring (bicyclic) bond motifs is 3. The van der Waals surface area contributed by atoms with Crippen LogP contribution in [0.5, 0.6) is 17.2 Å². The van der Waals surface area contributed by atoms with Gasteiger partial charge in [-0.2, -0.15) is 0 Å². The number of anilines is 1. The Bertz CT molecular complexity index is 1270. The lowest BCUT2D eigenvalue weighted by Crippen LogP contribution is -2.42. The van der Waals surface area contributed by atoms with Crippen LogP contribution in [0.4, 0.5) is 5.69 Å². The molecule has 0 bridgehead atoms. The van der Waals surface area contributed by atoms with E-state index in [1.807, 2.05) is 12.1 Å². The van der Waals surface area contributed by atoms with E-state index in [-0.39, 0.29) is 23.3 Å². The zero-order valence-corrected chi connectivity index (χ0v) is 22.7. The number of amides is 2. The number of carbonyl (C=O) groups excluding carboxylic acids is 2. The van der Waals surface area contributed by atoms with Crippen LogP contribution in [0.25, 0.3) is 11.1 Å². The SMILES string of the molecule is COc1cc2c(c(OC)c1OC)-c1ccc(NC(C)C(=O)NC3CCCC3)c(=O)cc1C(NC(C)=O)CC2. The van der Waals surface area contributed by atoms with E-state index >= 15 is 0 Å². The number of rotatable bonds is 8. The van der Waals surface area contributed by atoms with Crippen molar-refractivity contribution >= 4 is 17.5 Å². The molecule has 3 N–H and O–H groups in total. The molecule has 0 heterocycles. The van der Waals surface area contributed by atoms with Gasteiger partial charge in [0, 0.05) is 18.5 Å². The summed E-state index contributed by atoms with van der Waals surface area (Å²) in [4.78, 5) is 38.3. The van der Waals surface area contributed by atoms with Crippen LogP contribution in [0, 0.1) is 0 Å². The lowest BCUT2D eigenvalue weighted by Gasteiger charge is -2.19. The fourth-order valence-corrected chi connectivity index (χ4v) is 5.52. The topological polar surface area (TPSA) is 115 Å². The standard InChI is InChI=1S/C29H37N3O6/c1-16(29(35)32-19-8-6-7-9-19)30-23-13-11-20-21(15-24(23)34)22(31-17(2)33)12-10-18-14-25(36-3)27(37-4)28(38-5)26(18)20/h11,13-16,19,22H,6-10,12H2,1-5H3,(H,30,34)(H,31,33)(H,32,35). The van der Waals surface area contributed by atoms with Crippen molar-refractivity contribution in [3.63, 3.8) is 0 Å². The van der Waals surface area contributed by atoms with Crippen molar-refractivity contribution in [1.82, 2.24) is 10.6 Å². The predicted octanol–water partition coefficient (Wildman–Crippen LogP) is 3.72. The van der Waals surface area contributed by atoms with E-state index in [1.165, 1.54) is 6.92 Å². The van der Waals surface area contributed by atoms with Gasteiger partial charge in [-0.25, -0.2) is 0 Å². The van der Waals surface area contributed by atoms with Crippen molar-refractivity contribution < 1.29 is 23.8 Å². The molecule has 2 aromatic carbocycles. The minimum Gasteiger partial charge on any atom is -0.493 e. The van der Waals surface area contributed by atoms with Crippen molar-refractivity contribution in [3.05, 3.63) is 45.6 Å². The van der Waals surface area contributed by atoms with Gasteiger partial charge in [-0.1, -0.05) is 18.9 Å². The highest BCUT2D eigenvalue weighted by Crippen LogP contribution is 2.50. The molecule has 0 aromatic heterocycles. The molecule has 2 amide bonds. The van der Waals surface area contributed by atoms with Gasteiger partial charge in [0.25, 0.3) is 0 Å². The van der Waals surface area contributed by atoms with Gasteiger partial charge in [0.15, 0.2) is 11.5 Å². The first kappa shape index (κ1) is 27.3. The molecule has 2 aliphatic carbocycles. The molecule has 38 heavy (non-hydrogen) atoms. The van der Waals surface area contributed by atoms with E-state index in [2.05, 4.69) is 16.0 Å². The molecule has 2 aliphatic rings. The van der Waals surface area contributed by atoms with E-state index in [9.17, 15) is 14.4 Å². The first-order valence-electron chi connectivity index (χ1n) is 13.1. The van der Waals surface area contributed by atoms with E-state index in [0.717, 1.165) is 42.4 Å². The Morgan fingerprint density at radius 1 is 0.947 bits per heavy atom. The Hall–Kier alpha value is -3.75. The van der Waals surface area contributed by atoms with E-state index < -0.39 is 12.1 Å². The molecule has 0 aliphatic heterocycles. The Labute approximate surface area is 223 Å². The van der Waals surface area contributed by atoms with Crippen molar-refractivity contribution in [3.8, 4) is 28.4 Å². The van der Waals surface area contributed by atoms with Crippen LogP contribution in [0.2, 0.25) is 0 Å². The molecule has 2 aromatic rings. The Balaban J connectivity index is 1.82. The van der Waals surface area contributed by atoms with Crippen LogP contribution in [-0.4, -0.2) is 45.2 Å². The van der Waals surface area contributed by atoms with E-state index in [4.69, 9.17) is 14.2 Å². The maximum Gasteiger partial charge on any atom is 0.242 e. The number of hydrogen-bond donors (Lipinski definition) is 3. The van der Waals surface area contributed by atoms with Crippen molar-refractivity contribution in [2.75, 3.05) is 26.6 Å². The minimum atomic E-state index is -0.595. The molecule has 9 heteroatoms. The maximum absolute atomic E-state index is 13.4. The predicted molar refractivity (Wildman–Crippen MR) is 146 cm³/mol. The zero-order chi connectivity index (χ0) is 27.4. The van der Waals surface area contributed by atoms with Gasteiger partial charge in [-0.15, -0.1) is 0 Å². The van der Waals surface area contributed by atoms with Gasteiger partial charge in [-0.3, -0.25) is 14.4 Å². The summed E-state index contributed by atoms with van der Waals surface area (Å²) >= 11 is 0. The van der Waals surface area contributed by atoms with Gasteiger partial charge in [0.1, 0.15) is 6.04 Å². The fraction of sp³-hybridized carbons (Fsp3) is 0.483. The number of carbonyl (C=O) groups is 2. The molecular weight excluding hydrogens is 486 g/mol. The van der Waals surface area contributed by atoms with Gasteiger partial charge >= 0.3 is 0 Å². The van der Waals surface area contributed by atoms with Gasteiger partial charge < -0.3 is 30.2 Å². The number of aryl methyl sites for hydroxylation is 1. The summed E-state index contributed by atoms with van der Waals surface area (Å²) < 4.78 is 17.0. The fourth-order valence-electron chi connectivity index (χ4n) is 5.52. The quantitative estimate of drug-likeness (QED) is 0.483. The summed E-state index contributed by atoms with van der Waals surface area (Å²) in [5, 5.41) is 9.18. The monoisotopic (exact) mass is 523 g/mol. The van der Waals surface area contributed by atoms with Crippen LogP contribution >= 0.6 is 0 Å². The van der Waals surface area contributed by atoms with Gasteiger partial charge in [0.05, 0.1) is 33.1 Å². The lowest BCUT2D eigenvalue weighted by atomic mass is 9.95. The molecule has 4 rings (SSSR count). The maximum atomic E-state index is 13.4. The van der Waals surface area contributed by atoms with Crippen LogP contribution in [0.3, 0.4) is 0 Å². The third kappa shape index (κ3) is 5.56. The first-order valence-corrected chi connectivity index (χ1v) is 13.1. The molecule has 1 saturated carbocycles. The van der Waals surface area contributed by atoms with Crippen molar-refractivity contribution in [2.24, 2.45) is 0 Å². The summed E-state index contributed by atoms with van der Waals surface area (Å²) in [5.41, 5.74) is 3.17. The molecule has 2 atom stereocenters. The van der Waals surface area contributed by atoms with Gasteiger partial charge in [0.2, 0.25) is 23.0 Å². The van der Waals surface area contributed by atoms with Gasteiger partial charge in [-0.05, 0) is 67.5 Å². The average Bonchev–Trinajstić information content (AvgIpc) is 3.30. The number of nitrogens with one attached hydrogen (secondary N) is 3. The van der Waals surface area contributed by atoms with E-state index in [1.54, 1.807) is 40.4 Å². The van der Waals surface area contributed by atoms with Crippen molar-refractivity contribution in [1.29, 1.82) is 0 Å². The normalized spacial score (nSPS) is 17.3. The van der Waals surface area contributed by atoms with E-state index in [0.29, 0.717) is 41.3 Å². The van der Waals surface area contributed by atoms with Crippen molar-refractivity contribution in [2.45, 2.75) is 70.5 Å². The number of ether oxygens (including phenoxy) is 3. The molecule has 9 nitrogen and oxygen atoms in total. The smallest absolute Gasteiger partial charge is 0.242 e. The molecule has 0 radical (unpaired) electrons. The Kier molecular flexibility index (Phi) is 8.44. The second-order valence-corrected chi connectivity index (χ2v) is 9.95. The molecule has 0 saturated heterocycles. The summed E-state index contributed by atoms with van der Waals surface area (Å²) in [6.07, 6.45) is 5.40. The number of benzene rings is 1. The third-order valence-corrected chi connectivity index (χ3v) is 7.38. The second-order valence-electron chi connectivity index (χ2n) is 9.95. The summed E-state index contributed by atoms with van der Waals surface area (Å²) in [6.45, 7) is 3.21. The summed E-state index contributed by atoms with van der Waals surface area (Å²) in [7, 11) is 4.68. The highest BCUT2D eigenvalue weighted by Gasteiger charge is 2.30. The molecule has 1 fully saturated rings. The summed E-state index contributed by atoms with van der Waals surface area (Å²) in [6, 6.07) is 6.19. The van der Waals surface area contributed by atoms with Crippen LogP contribution < -0.4 is 35.6 Å². The summed E-state index contributed by atoms with van der Waals surface area (Å²) in [5.74, 6) is 1.15. The molecule has 2 unspecified atom stereocenters. The van der Waals surface area contributed by atoms with Crippen LogP contribution in [-0.2, 0) is 16.0 Å². The number of hydrogen-bond acceptors (Lipinski definition) is 7. The molecule has 204 valence electrons. The largest absolute Gasteiger partial charge is 0.493 e. The molecular formula is C29H37N3O6. The van der Waals surface area contributed by atoms with Crippen LogP contribution in [0.1, 0.15) is 63.1 Å². The third-order valence-electron chi connectivity index (χ3n) is 7.38. The Morgan fingerprint density at radius 3 is 2.29 bits per heavy atom. The first-order chi connectivity index (χ1) is 18.3. The second kappa shape index (κ2) is 11.8. The average molecular weight is 524 g/mol. The highest BCUT2D eigenvalue weighted by molar-refractivity contribution is 5.86. The lowest BCUT2D eigenvalue weighted by molar-refractivity contribution is -0.122. The zero-order valence-electron chi connectivity index (χ0n) is 22.7. The van der Waals surface area contributed by atoms with Crippen LogP contribution in [0.15, 0.2) is 29.1 Å². The molecule has 0 spiro atoms. The number of methoxy groups -OCH3 is 3. The highest BCUT2D eigenvalue weighted by atomic mass is 16.5. The minimum absolute atomic E-state index is 0.135.